The fourth-order valence-electron chi connectivity index (χ4n) is 2.34. The second-order valence-electron chi connectivity index (χ2n) is 6.24. The number of carbonyl (C=O) groups is 2. The Labute approximate surface area is 136 Å². The predicted molar refractivity (Wildman–Crippen MR) is 88.3 cm³/mol. The van der Waals surface area contributed by atoms with Crippen molar-refractivity contribution >= 4 is 12.0 Å². The molecule has 1 aromatic rings. The number of carboxylic acids is 1. The number of aliphatic hydroxyl groups is 1. The van der Waals surface area contributed by atoms with Crippen LogP contribution in [0, 0.1) is 5.41 Å². The zero-order valence-corrected chi connectivity index (χ0v) is 13.7. The number of aliphatic carboxylic acids is 1. The molecule has 0 bridgehead atoms. The molecule has 6 nitrogen and oxygen atoms in total. The van der Waals surface area contributed by atoms with Crippen molar-refractivity contribution in [3.05, 3.63) is 35.9 Å². The van der Waals surface area contributed by atoms with E-state index in [9.17, 15) is 14.7 Å². The molecule has 1 unspecified atom stereocenters. The molecule has 2 amide bonds. The SMILES string of the molecule is CC(C)(CO)C(CNC(=O)NCCCC(=O)O)c1ccccc1. The lowest BCUT2D eigenvalue weighted by molar-refractivity contribution is -0.137. The highest BCUT2D eigenvalue weighted by molar-refractivity contribution is 5.74. The summed E-state index contributed by atoms with van der Waals surface area (Å²) in [5.74, 6) is -0.903. The molecule has 0 heterocycles. The number of aliphatic hydroxyl groups excluding tert-OH is 1. The molecule has 4 N–H and O–H groups in total. The molecular formula is C17H26N2O4. The molecule has 0 aliphatic carbocycles. The Kier molecular flexibility index (Phi) is 7.54. The summed E-state index contributed by atoms with van der Waals surface area (Å²) in [6.07, 6.45) is 0.428. The molecule has 0 saturated carbocycles. The minimum absolute atomic E-state index is 0.00840. The first-order valence-corrected chi connectivity index (χ1v) is 7.76. The van der Waals surface area contributed by atoms with E-state index < -0.39 is 5.97 Å². The van der Waals surface area contributed by atoms with E-state index in [4.69, 9.17) is 5.11 Å². The molecule has 0 aliphatic heterocycles. The van der Waals surface area contributed by atoms with Crippen molar-refractivity contribution < 1.29 is 19.8 Å². The van der Waals surface area contributed by atoms with Crippen molar-refractivity contribution in [3.63, 3.8) is 0 Å². The van der Waals surface area contributed by atoms with Crippen LogP contribution in [-0.2, 0) is 4.79 Å². The smallest absolute Gasteiger partial charge is 0.314 e. The maximum absolute atomic E-state index is 11.8. The van der Waals surface area contributed by atoms with Crippen molar-refractivity contribution in [1.82, 2.24) is 10.6 Å². The van der Waals surface area contributed by atoms with Crippen LogP contribution < -0.4 is 10.6 Å². The number of carbonyl (C=O) groups excluding carboxylic acids is 1. The molecule has 1 rings (SSSR count). The highest BCUT2D eigenvalue weighted by Crippen LogP contribution is 2.34. The minimum atomic E-state index is -0.874. The van der Waals surface area contributed by atoms with Crippen LogP contribution in [0.2, 0.25) is 0 Å². The van der Waals surface area contributed by atoms with Gasteiger partial charge < -0.3 is 20.8 Å². The quantitative estimate of drug-likeness (QED) is 0.522. The number of amides is 2. The van der Waals surface area contributed by atoms with E-state index in [2.05, 4.69) is 10.6 Å². The third-order valence-electron chi connectivity index (χ3n) is 3.87. The Morgan fingerprint density at radius 3 is 2.39 bits per heavy atom. The van der Waals surface area contributed by atoms with Crippen molar-refractivity contribution in [2.45, 2.75) is 32.6 Å². The van der Waals surface area contributed by atoms with Gasteiger partial charge in [0.25, 0.3) is 0 Å². The van der Waals surface area contributed by atoms with Crippen LogP contribution in [0.15, 0.2) is 30.3 Å². The molecule has 128 valence electrons. The summed E-state index contributed by atoms with van der Waals surface area (Å²) >= 11 is 0. The fraction of sp³-hybridized carbons (Fsp3) is 0.529. The van der Waals surface area contributed by atoms with Gasteiger partial charge in [-0.15, -0.1) is 0 Å². The van der Waals surface area contributed by atoms with Gasteiger partial charge in [-0.1, -0.05) is 44.2 Å². The Balaban J connectivity index is 2.55. The van der Waals surface area contributed by atoms with Gasteiger partial charge in [-0.2, -0.15) is 0 Å². The molecule has 1 aromatic carbocycles. The largest absolute Gasteiger partial charge is 0.481 e. The van der Waals surface area contributed by atoms with Crippen LogP contribution in [0.1, 0.15) is 38.2 Å². The maximum atomic E-state index is 11.8. The lowest BCUT2D eigenvalue weighted by Gasteiger charge is -2.33. The summed E-state index contributed by atoms with van der Waals surface area (Å²) < 4.78 is 0. The zero-order valence-electron chi connectivity index (χ0n) is 13.7. The number of carboxylic acid groups (broad SMARTS) is 1. The van der Waals surface area contributed by atoms with Gasteiger partial charge in [0.15, 0.2) is 0 Å². The van der Waals surface area contributed by atoms with Crippen LogP contribution >= 0.6 is 0 Å². The molecule has 6 heteroatoms. The van der Waals surface area contributed by atoms with Crippen molar-refractivity contribution in [1.29, 1.82) is 0 Å². The lowest BCUT2D eigenvalue weighted by Crippen LogP contribution is -2.41. The first-order valence-electron chi connectivity index (χ1n) is 7.76. The summed E-state index contributed by atoms with van der Waals surface area (Å²) in [6.45, 7) is 4.63. The first kappa shape index (κ1) is 19.0. The van der Waals surface area contributed by atoms with Crippen molar-refractivity contribution in [2.24, 2.45) is 5.41 Å². The summed E-state index contributed by atoms with van der Waals surface area (Å²) in [7, 11) is 0. The second-order valence-corrected chi connectivity index (χ2v) is 6.24. The summed E-state index contributed by atoms with van der Waals surface area (Å²) in [5, 5.41) is 23.6. The van der Waals surface area contributed by atoms with Crippen LogP contribution in [-0.4, -0.2) is 41.9 Å². The van der Waals surface area contributed by atoms with Gasteiger partial charge in [0, 0.05) is 32.0 Å². The molecule has 0 aliphatic rings. The Morgan fingerprint density at radius 2 is 1.83 bits per heavy atom. The van der Waals surface area contributed by atoms with Gasteiger partial charge in [0.2, 0.25) is 0 Å². The summed E-state index contributed by atoms with van der Waals surface area (Å²) in [5.41, 5.74) is 0.676. The van der Waals surface area contributed by atoms with Gasteiger partial charge in [-0.3, -0.25) is 4.79 Å². The van der Waals surface area contributed by atoms with Gasteiger partial charge >= 0.3 is 12.0 Å². The van der Waals surface area contributed by atoms with Crippen molar-refractivity contribution in [2.75, 3.05) is 19.7 Å². The first-order chi connectivity index (χ1) is 10.9. The third kappa shape index (κ3) is 6.69. The number of hydrogen-bond donors (Lipinski definition) is 4. The number of urea groups is 1. The van der Waals surface area contributed by atoms with Gasteiger partial charge in [0.05, 0.1) is 0 Å². The van der Waals surface area contributed by atoms with E-state index in [1.807, 2.05) is 44.2 Å². The molecule has 0 radical (unpaired) electrons. The van der Waals surface area contributed by atoms with Crippen LogP contribution in [0.25, 0.3) is 0 Å². The number of benzene rings is 1. The highest BCUT2D eigenvalue weighted by atomic mass is 16.4. The average molecular weight is 322 g/mol. The van der Waals surface area contributed by atoms with Gasteiger partial charge in [-0.05, 0) is 17.4 Å². The van der Waals surface area contributed by atoms with E-state index in [0.29, 0.717) is 19.5 Å². The summed E-state index contributed by atoms with van der Waals surface area (Å²) in [6, 6.07) is 9.42. The van der Waals surface area contributed by atoms with Crippen LogP contribution in [0.5, 0.6) is 0 Å². The topological polar surface area (TPSA) is 98.7 Å². The number of nitrogens with one attached hydrogen (secondary N) is 2. The monoisotopic (exact) mass is 322 g/mol. The van der Waals surface area contributed by atoms with E-state index in [-0.39, 0.29) is 30.4 Å². The van der Waals surface area contributed by atoms with Crippen molar-refractivity contribution in [3.8, 4) is 0 Å². The third-order valence-corrected chi connectivity index (χ3v) is 3.87. The second kappa shape index (κ2) is 9.15. The van der Waals surface area contributed by atoms with E-state index in [1.165, 1.54) is 0 Å². The minimum Gasteiger partial charge on any atom is -0.481 e. The number of hydrogen-bond acceptors (Lipinski definition) is 3. The fourth-order valence-corrected chi connectivity index (χ4v) is 2.34. The van der Waals surface area contributed by atoms with Gasteiger partial charge in [0.1, 0.15) is 0 Å². The van der Waals surface area contributed by atoms with Gasteiger partial charge in [-0.25, -0.2) is 4.79 Å². The zero-order chi connectivity index (χ0) is 17.3. The standard InChI is InChI=1S/C17H26N2O4/c1-17(2,12-20)14(13-7-4-3-5-8-13)11-19-16(23)18-10-6-9-15(21)22/h3-5,7-8,14,20H,6,9-12H2,1-2H3,(H,21,22)(H2,18,19,23). The van der Waals surface area contributed by atoms with E-state index in [1.54, 1.807) is 0 Å². The lowest BCUT2D eigenvalue weighted by atomic mass is 9.75. The highest BCUT2D eigenvalue weighted by Gasteiger charge is 2.30. The maximum Gasteiger partial charge on any atom is 0.314 e. The normalized spacial score (nSPS) is 12.5. The Morgan fingerprint density at radius 1 is 1.17 bits per heavy atom. The van der Waals surface area contributed by atoms with Crippen LogP contribution in [0.3, 0.4) is 0 Å². The Hall–Kier alpha value is -2.08. The molecule has 0 saturated heterocycles. The Bertz CT molecular complexity index is 503. The van der Waals surface area contributed by atoms with E-state index >= 15 is 0 Å². The van der Waals surface area contributed by atoms with Crippen LogP contribution in [0.4, 0.5) is 4.79 Å². The number of rotatable bonds is 9. The van der Waals surface area contributed by atoms with E-state index in [0.717, 1.165) is 5.56 Å². The molecular weight excluding hydrogens is 296 g/mol. The molecule has 1 atom stereocenters. The molecule has 0 fully saturated rings. The molecule has 0 aromatic heterocycles. The average Bonchev–Trinajstić information content (AvgIpc) is 2.52. The molecule has 0 spiro atoms. The predicted octanol–water partition coefficient (Wildman–Crippen LogP) is 1.95. The molecule has 23 heavy (non-hydrogen) atoms. The summed E-state index contributed by atoms with van der Waals surface area (Å²) in [4.78, 5) is 22.2.